The molecule has 1 unspecified atom stereocenters. The number of halogens is 2. The lowest BCUT2D eigenvalue weighted by Gasteiger charge is -2.27. The van der Waals surface area contributed by atoms with Gasteiger partial charge in [-0.1, -0.05) is 29.3 Å². The number of nitrogens with one attached hydrogen (secondary N) is 1. The number of rotatable bonds is 6. The van der Waals surface area contributed by atoms with Crippen molar-refractivity contribution in [2.75, 3.05) is 19.8 Å². The van der Waals surface area contributed by atoms with Crippen LogP contribution in [0.25, 0.3) is 0 Å². The van der Waals surface area contributed by atoms with E-state index in [1.165, 1.54) is 0 Å². The number of allylic oxidation sites excluding steroid dienone is 1. The highest BCUT2D eigenvalue weighted by Gasteiger charge is 2.33. The van der Waals surface area contributed by atoms with Crippen LogP contribution >= 0.6 is 23.2 Å². The number of hydrogen-bond acceptors (Lipinski definition) is 4. The third-order valence-corrected chi connectivity index (χ3v) is 4.25. The SMILES string of the molecule is CCOCCOC(=O)C1=C(C)NC(=O)CC1c1ccc(Cl)cc1Cl. The van der Waals surface area contributed by atoms with E-state index >= 15 is 0 Å². The number of amides is 1. The quantitative estimate of drug-likeness (QED) is 0.614. The molecule has 7 heteroatoms. The van der Waals surface area contributed by atoms with E-state index in [2.05, 4.69) is 5.32 Å². The summed E-state index contributed by atoms with van der Waals surface area (Å²) in [5, 5.41) is 3.58. The zero-order chi connectivity index (χ0) is 17.7. The summed E-state index contributed by atoms with van der Waals surface area (Å²) < 4.78 is 10.4. The predicted octanol–water partition coefficient (Wildman–Crippen LogP) is 3.45. The molecule has 0 fully saturated rings. The molecule has 0 radical (unpaired) electrons. The van der Waals surface area contributed by atoms with Gasteiger partial charge in [-0.15, -0.1) is 0 Å². The van der Waals surface area contributed by atoms with Gasteiger partial charge in [0.25, 0.3) is 0 Å². The van der Waals surface area contributed by atoms with Gasteiger partial charge in [0.1, 0.15) is 6.61 Å². The fraction of sp³-hybridized carbons (Fsp3) is 0.412. The average Bonchev–Trinajstić information content (AvgIpc) is 2.50. The Morgan fingerprint density at radius 2 is 2.08 bits per heavy atom. The number of carbonyl (C=O) groups is 2. The van der Waals surface area contributed by atoms with Crippen LogP contribution in [0.5, 0.6) is 0 Å². The Hall–Kier alpha value is -1.56. The van der Waals surface area contributed by atoms with Crippen LogP contribution in [-0.4, -0.2) is 31.7 Å². The second-order valence-corrected chi connectivity index (χ2v) is 6.19. The molecule has 0 saturated carbocycles. The molecule has 1 atom stereocenters. The molecule has 0 aliphatic carbocycles. The maximum absolute atomic E-state index is 12.5. The number of esters is 1. The van der Waals surface area contributed by atoms with Gasteiger partial charge in [-0.3, -0.25) is 4.79 Å². The lowest BCUT2D eigenvalue weighted by Crippen LogP contribution is -2.34. The fourth-order valence-corrected chi connectivity index (χ4v) is 3.18. The maximum atomic E-state index is 12.5. The number of hydrogen-bond donors (Lipinski definition) is 1. The van der Waals surface area contributed by atoms with Crippen LogP contribution in [0.4, 0.5) is 0 Å². The lowest BCUT2D eigenvalue weighted by atomic mass is 9.84. The molecular formula is C17H19Cl2NO4. The molecule has 2 rings (SSSR count). The van der Waals surface area contributed by atoms with Crippen LogP contribution in [0.3, 0.4) is 0 Å². The van der Waals surface area contributed by atoms with E-state index in [1.807, 2.05) is 6.92 Å². The van der Waals surface area contributed by atoms with Gasteiger partial charge in [-0.25, -0.2) is 4.79 Å². The molecule has 1 aliphatic heterocycles. The molecule has 1 aromatic carbocycles. The first-order valence-electron chi connectivity index (χ1n) is 7.64. The molecule has 1 N–H and O–H groups in total. The number of carbonyl (C=O) groups excluding carboxylic acids is 2. The van der Waals surface area contributed by atoms with E-state index in [1.54, 1.807) is 25.1 Å². The van der Waals surface area contributed by atoms with Gasteiger partial charge in [-0.2, -0.15) is 0 Å². The topological polar surface area (TPSA) is 64.6 Å². The molecule has 1 amide bonds. The maximum Gasteiger partial charge on any atom is 0.336 e. The molecule has 130 valence electrons. The van der Waals surface area contributed by atoms with E-state index < -0.39 is 11.9 Å². The molecule has 0 bridgehead atoms. The van der Waals surface area contributed by atoms with Crippen molar-refractivity contribution in [1.82, 2.24) is 5.32 Å². The molecular weight excluding hydrogens is 353 g/mol. The van der Waals surface area contributed by atoms with Gasteiger partial charge in [-0.05, 0) is 31.5 Å². The van der Waals surface area contributed by atoms with Crippen molar-refractivity contribution in [3.8, 4) is 0 Å². The van der Waals surface area contributed by atoms with Crippen molar-refractivity contribution in [2.45, 2.75) is 26.2 Å². The molecule has 0 saturated heterocycles. The normalized spacial score (nSPS) is 17.7. The molecule has 1 aromatic rings. The van der Waals surface area contributed by atoms with E-state index in [4.69, 9.17) is 32.7 Å². The Balaban J connectivity index is 2.28. The van der Waals surface area contributed by atoms with Gasteiger partial charge in [0, 0.05) is 34.7 Å². The standard InChI is InChI=1S/C17H19Cl2NO4/c1-3-23-6-7-24-17(22)16-10(2)20-15(21)9-13(16)12-5-4-11(18)8-14(12)19/h4-5,8,13H,3,6-7,9H2,1-2H3,(H,20,21). The highest BCUT2D eigenvalue weighted by atomic mass is 35.5. The van der Waals surface area contributed by atoms with Gasteiger partial charge >= 0.3 is 5.97 Å². The summed E-state index contributed by atoms with van der Waals surface area (Å²) in [4.78, 5) is 24.4. The van der Waals surface area contributed by atoms with Crippen molar-refractivity contribution in [2.24, 2.45) is 0 Å². The molecule has 1 aliphatic rings. The number of benzene rings is 1. The Morgan fingerprint density at radius 1 is 1.33 bits per heavy atom. The van der Waals surface area contributed by atoms with Crippen molar-refractivity contribution >= 4 is 35.1 Å². The van der Waals surface area contributed by atoms with Gasteiger partial charge in [0.05, 0.1) is 12.2 Å². The van der Waals surface area contributed by atoms with E-state index in [0.29, 0.717) is 40.1 Å². The minimum atomic E-state index is -0.483. The fourth-order valence-electron chi connectivity index (χ4n) is 2.64. The highest BCUT2D eigenvalue weighted by Crippen LogP contribution is 2.37. The van der Waals surface area contributed by atoms with E-state index in [-0.39, 0.29) is 18.9 Å². The minimum Gasteiger partial charge on any atom is -0.460 e. The van der Waals surface area contributed by atoms with Crippen LogP contribution in [0.2, 0.25) is 10.0 Å². The second-order valence-electron chi connectivity index (χ2n) is 5.34. The van der Waals surface area contributed by atoms with Gasteiger partial charge < -0.3 is 14.8 Å². The van der Waals surface area contributed by atoms with Gasteiger partial charge in [0.2, 0.25) is 5.91 Å². The average molecular weight is 372 g/mol. The summed E-state index contributed by atoms with van der Waals surface area (Å²) in [7, 11) is 0. The first-order valence-corrected chi connectivity index (χ1v) is 8.40. The monoisotopic (exact) mass is 371 g/mol. The van der Waals surface area contributed by atoms with Crippen LogP contribution in [-0.2, 0) is 19.1 Å². The van der Waals surface area contributed by atoms with Crippen molar-refractivity contribution in [3.05, 3.63) is 45.1 Å². The minimum absolute atomic E-state index is 0.120. The number of ether oxygens (including phenoxy) is 2. The van der Waals surface area contributed by atoms with Crippen molar-refractivity contribution in [3.63, 3.8) is 0 Å². The Morgan fingerprint density at radius 3 is 2.75 bits per heavy atom. The van der Waals surface area contributed by atoms with Crippen LogP contribution < -0.4 is 5.32 Å². The predicted molar refractivity (Wildman–Crippen MR) is 92.1 cm³/mol. The molecule has 0 aromatic heterocycles. The Kier molecular flexibility index (Phi) is 6.66. The summed E-state index contributed by atoms with van der Waals surface area (Å²) in [6.45, 7) is 4.57. The first kappa shape index (κ1) is 18.8. The first-order chi connectivity index (χ1) is 11.4. The zero-order valence-corrected chi connectivity index (χ0v) is 15.0. The second kappa shape index (κ2) is 8.51. The summed E-state index contributed by atoms with van der Waals surface area (Å²) in [6, 6.07) is 5.01. The third kappa shape index (κ3) is 4.50. The smallest absolute Gasteiger partial charge is 0.336 e. The summed E-state index contributed by atoms with van der Waals surface area (Å²) in [5.74, 6) is -1.12. The summed E-state index contributed by atoms with van der Waals surface area (Å²) in [6.07, 6.45) is 0.120. The summed E-state index contributed by atoms with van der Waals surface area (Å²) in [5.41, 5.74) is 1.55. The lowest BCUT2D eigenvalue weighted by molar-refractivity contribution is -0.141. The van der Waals surface area contributed by atoms with Crippen molar-refractivity contribution < 1.29 is 19.1 Å². The van der Waals surface area contributed by atoms with Crippen LogP contribution in [0.1, 0.15) is 31.7 Å². The highest BCUT2D eigenvalue weighted by molar-refractivity contribution is 6.35. The summed E-state index contributed by atoms with van der Waals surface area (Å²) >= 11 is 12.2. The zero-order valence-electron chi connectivity index (χ0n) is 13.5. The molecule has 5 nitrogen and oxygen atoms in total. The molecule has 1 heterocycles. The van der Waals surface area contributed by atoms with Crippen LogP contribution in [0.15, 0.2) is 29.5 Å². The molecule has 24 heavy (non-hydrogen) atoms. The van der Waals surface area contributed by atoms with Crippen molar-refractivity contribution in [1.29, 1.82) is 0 Å². The third-order valence-electron chi connectivity index (χ3n) is 3.69. The largest absolute Gasteiger partial charge is 0.460 e. The van der Waals surface area contributed by atoms with Gasteiger partial charge in [0.15, 0.2) is 0 Å². The molecule has 0 spiro atoms. The Labute approximate surface area is 150 Å². The van der Waals surface area contributed by atoms with E-state index in [9.17, 15) is 9.59 Å². The Bertz CT molecular complexity index is 673. The van der Waals surface area contributed by atoms with E-state index in [0.717, 1.165) is 0 Å². The van der Waals surface area contributed by atoms with Crippen LogP contribution in [0, 0.1) is 0 Å².